The van der Waals surface area contributed by atoms with Gasteiger partial charge in [0.25, 0.3) is 5.56 Å². The molecule has 0 radical (unpaired) electrons. The van der Waals surface area contributed by atoms with Gasteiger partial charge in [-0.05, 0) is 26.0 Å². The van der Waals surface area contributed by atoms with Crippen molar-refractivity contribution in [2.24, 2.45) is 0 Å². The molecule has 118 valence electrons. The molecular weight excluding hydrogens is 351 g/mol. The fourth-order valence-electron chi connectivity index (χ4n) is 1.94. The van der Waals surface area contributed by atoms with E-state index in [1.807, 2.05) is 6.07 Å². The molecule has 5 nitrogen and oxygen atoms in total. The van der Waals surface area contributed by atoms with Gasteiger partial charge in [0.05, 0.1) is 11.4 Å². The molecule has 0 unspecified atom stereocenters. The Bertz CT molecular complexity index is 745. The van der Waals surface area contributed by atoms with E-state index >= 15 is 0 Å². The molecule has 0 aliphatic carbocycles. The first-order valence-corrected chi connectivity index (χ1v) is 7.46. The van der Waals surface area contributed by atoms with Crippen molar-refractivity contribution in [1.29, 1.82) is 0 Å². The van der Waals surface area contributed by atoms with Crippen LogP contribution in [0.4, 0.5) is 4.79 Å². The van der Waals surface area contributed by atoms with Crippen molar-refractivity contribution in [3.05, 3.63) is 51.9 Å². The Labute approximate surface area is 141 Å². The second-order valence-electron chi connectivity index (χ2n) is 4.64. The first kappa shape index (κ1) is 16.9. The summed E-state index contributed by atoms with van der Waals surface area (Å²) in [6.07, 6.45) is -0.794. The average Bonchev–Trinajstić information content (AvgIpc) is 2.69. The Morgan fingerprint density at radius 3 is 2.32 bits per heavy atom. The number of carbonyl (C=O) groups is 1. The Morgan fingerprint density at radius 1 is 1.18 bits per heavy atom. The Morgan fingerprint density at radius 2 is 1.77 bits per heavy atom. The van der Waals surface area contributed by atoms with Crippen LogP contribution >= 0.6 is 34.8 Å². The molecule has 0 N–H and O–H groups in total. The minimum absolute atomic E-state index is 0.311. The number of carbonyl (C=O) groups excluding carboxylic acids is 1. The molecule has 0 aliphatic rings. The fourth-order valence-corrected chi connectivity index (χ4v) is 2.10. The third kappa shape index (κ3) is 3.48. The smallest absolute Gasteiger partial charge is 0.433 e. The summed E-state index contributed by atoms with van der Waals surface area (Å²) < 4.78 is 5.61. The molecule has 8 heteroatoms. The molecule has 0 spiro atoms. The second kappa shape index (κ2) is 6.36. The highest BCUT2D eigenvalue weighted by Crippen LogP contribution is 2.26. The second-order valence-corrected chi connectivity index (χ2v) is 7.16. The predicted octanol–water partition coefficient (Wildman–Crippen LogP) is 3.61. The molecule has 0 fully saturated rings. The SMILES string of the molecule is Cc1c(C)n(C(=O)OCC(Cl)(Cl)Cl)n(-c2ccccc2)c1=O. The molecular formula is C14H13Cl3N2O3. The highest BCUT2D eigenvalue weighted by Gasteiger charge is 2.26. The molecule has 0 aliphatic heterocycles. The van der Waals surface area contributed by atoms with E-state index in [1.54, 1.807) is 38.1 Å². The van der Waals surface area contributed by atoms with Gasteiger partial charge in [0.2, 0.25) is 3.79 Å². The number of rotatable bonds is 2. The van der Waals surface area contributed by atoms with Crippen molar-refractivity contribution in [3.63, 3.8) is 0 Å². The van der Waals surface area contributed by atoms with Gasteiger partial charge in [0, 0.05) is 5.56 Å². The molecule has 2 rings (SSSR count). The Kier molecular flexibility index (Phi) is 4.90. The normalized spacial score (nSPS) is 11.5. The number of hydrogen-bond donors (Lipinski definition) is 0. The zero-order valence-corrected chi connectivity index (χ0v) is 14.1. The molecule has 0 saturated heterocycles. The van der Waals surface area contributed by atoms with Crippen molar-refractivity contribution >= 4 is 40.9 Å². The summed E-state index contributed by atoms with van der Waals surface area (Å²) in [4.78, 5) is 24.6. The summed E-state index contributed by atoms with van der Waals surface area (Å²) >= 11 is 16.7. The van der Waals surface area contributed by atoms with E-state index < -0.39 is 16.5 Å². The van der Waals surface area contributed by atoms with Crippen LogP contribution in [0.15, 0.2) is 35.1 Å². The van der Waals surface area contributed by atoms with Gasteiger partial charge in [0.1, 0.15) is 6.61 Å². The molecule has 0 bridgehead atoms. The summed E-state index contributed by atoms with van der Waals surface area (Å²) in [5.41, 5.74) is 1.13. The minimum atomic E-state index is -1.72. The van der Waals surface area contributed by atoms with Crippen molar-refractivity contribution in [1.82, 2.24) is 9.36 Å². The third-order valence-electron chi connectivity index (χ3n) is 3.11. The number of ether oxygens (including phenoxy) is 1. The van der Waals surface area contributed by atoms with Crippen molar-refractivity contribution < 1.29 is 9.53 Å². The minimum Gasteiger partial charge on any atom is -0.443 e. The highest BCUT2D eigenvalue weighted by atomic mass is 35.6. The van der Waals surface area contributed by atoms with E-state index in [2.05, 4.69) is 0 Å². The summed E-state index contributed by atoms with van der Waals surface area (Å²) in [5, 5.41) is 0. The van der Waals surface area contributed by atoms with Crippen LogP contribution in [0.3, 0.4) is 0 Å². The summed E-state index contributed by atoms with van der Waals surface area (Å²) in [5.74, 6) is 0. The number of para-hydroxylation sites is 1. The molecule has 1 aromatic carbocycles. The van der Waals surface area contributed by atoms with E-state index in [9.17, 15) is 9.59 Å². The highest BCUT2D eigenvalue weighted by molar-refractivity contribution is 6.67. The van der Waals surface area contributed by atoms with Crippen LogP contribution in [0.2, 0.25) is 0 Å². The van der Waals surface area contributed by atoms with E-state index in [4.69, 9.17) is 39.5 Å². The van der Waals surface area contributed by atoms with Gasteiger partial charge in [-0.1, -0.05) is 53.0 Å². The molecule has 1 aromatic heterocycles. The number of aromatic nitrogens is 2. The van der Waals surface area contributed by atoms with Gasteiger partial charge in [0.15, 0.2) is 0 Å². The van der Waals surface area contributed by atoms with Crippen LogP contribution in [0.25, 0.3) is 5.69 Å². The topological polar surface area (TPSA) is 53.2 Å². The number of alkyl halides is 3. The maximum Gasteiger partial charge on any atom is 0.433 e. The molecule has 1 heterocycles. The number of benzene rings is 1. The van der Waals surface area contributed by atoms with Crippen molar-refractivity contribution in [3.8, 4) is 5.69 Å². The van der Waals surface area contributed by atoms with Gasteiger partial charge in [-0.3, -0.25) is 4.79 Å². The first-order valence-electron chi connectivity index (χ1n) is 6.33. The quantitative estimate of drug-likeness (QED) is 0.766. The first-order chi connectivity index (χ1) is 10.2. The maximum absolute atomic E-state index is 12.4. The number of nitrogens with zero attached hydrogens (tertiary/aromatic N) is 2. The van der Waals surface area contributed by atoms with Crippen LogP contribution in [-0.2, 0) is 4.74 Å². The van der Waals surface area contributed by atoms with Crippen LogP contribution in [-0.4, -0.2) is 25.9 Å². The van der Waals surface area contributed by atoms with Crippen LogP contribution < -0.4 is 5.56 Å². The standard InChI is InChI=1S/C14H13Cl3N2O3/c1-9-10(2)18(13(21)22-8-14(15,16)17)19(12(9)20)11-6-4-3-5-7-11/h3-7H,8H2,1-2H3. The molecule has 0 saturated carbocycles. The summed E-state index contributed by atoms with van der Waals surface area (Å²) in [6.45, 7) is 2.86. The molecule has 2 aromatic rings. The fraction of sp³-hybridized carbons (Fsp3) is 0.286. The lowest BCUT2D eigenvalue weighted by Crippen LogP contribution is -2.29. The Balaban J connectivity index is 2.50. The molecule has 0 atom stereocenters. The molecule has 22 heavy (non-hydrogen) atoms. The summed E-state index contributed by atoms with van der Waals surface area (Å²) in [6, 6.07) is 8.74. The third-order valence-corrected chi connectivity index (χ3v) is 3.43. The predicted molar refractivity (Wildman–Crippen MR) is 86.5 cm³/mol. The average molecular weight is 364 g/mol. The summed E-state index contributed by atoms with van der Waals surface area (Å²) in [7, 11) is 0. The van der Waals surface area contributed by atoms with Gasteiger partial charge >= 0.3 is 6.09 Å². The molecule has 0 amide bonds. The van der Waals surface area contributed by atoms with Crippen LogP contribution in [0, 0.1) is 13.8 Å². The van der Waals surface area contributed by atoms with Crippen LogP contribution in [0.5, 0.6) is 0 Å². The lowest BCUT2D eigenvalue weighted by molar-refractivity contribution is 0.143. The lowest BCUT2D eigenvalue weighted by atomic mass is 10.3. The van der Waals surface area contributed by atoms with Gasteiger partial charge in [-0.25, -0.2) is 9.48 Å². The number of halogens is 3. The monoisotopic (exact) mass is 362 g/mol. The van der Waals surface area contributed by atoms with E-state index in [1.165, 1.54) is 4.68 Å². The lowest BCUT2D eigenvalue weighted by Gasteiger charge is -2.15. The zero-order valence-electron chi connectivity index (χ0n) is 11.8. The number of hydrogen-bond acceptors (Lipinski definition) is 3. The van der Waals surface area contributed by atoms with E-state index in [0.29, 0.717) is 16.9 Å². The van der Waals surface area contributed by atoms with E-state index in [-0.39, 0.29) is 5.56 Å². The maximum atomic E-state index is 12.4. The van der Waals surface area contributed by atoms with Gasteiger partial charge in [-0.15, -0.1) is 0 Å². The van der Waals surface area contributed by atoms with Crippen molar-refractivity contribution in [2.45, 2.75) is 17.6 Å². The van der Waals surface area contributed by atoms with Crippen LogP contribution in [0.1, 0.15) is 11.3 Å². The zero-order chi connectivity index (χ0) is 16.5. The van der Waals surface area contributed by atoms with Gasteiger partial charge in [-0.2, -0.15) is 4.68 Å². The largest absolute Gasteiger partial charge is 0.443 e. The Hall–Kier alpha value is -1.43. The van der Waals surface area contributed by atoms with E-state index in [0.717, 1.165) is 4.68 Å². The van der Waals surface area contributed by atoms with Crippen molar-refractivity contribution in [2.75, 3.05) is 6.61 Å². The van der Waals surface area contributed by atoms with Gasteiger partial charge < -0.3 is 4.74 Å².